The lowest BCUT2D eigenvalue weighted by Crippen LogP contribution is -2.06. The summed E-state index contributed by atoms with van der Waals surface area (Å²) in [4.78, 5) is 11.1. The Balaban J connectivity index is 1.51. The van der Waals surface area contributed by atoms with Crippen molar-refractivity contribution in [3.05, 3.63) is 83.2 Å². The zero-order chi connectivity index (χ0) is 23.4. The highest BCUT2D eigenvalue weighted by Crippen LogP contribution is 2.38. The molecule has 0 spiro atoms. The van der Waals surface area contributed by atoms with E-state index in [2.05, 4.69) is 11.8 Å². The van der Waals surface area contributed by atoms with Gasteiger partial charge in [0.25, 0.3) is 0 Å². The standard InChI is InChI=1S/C28H25FO4/c1-3-4-19(16-28(30)31)18-5-9-22(10-6-18)33-27-14-8-20-15-21(7-12-24(20)27)25-17-23(32-2)11-13-26(25)29/h5-7,9-13,15,17,19,27H,8,14,16H2,1-2H3,(H,30,31). The van der Waals surface area contributed by atoms with Crippen LogP contribution in [0.2, 0.25) is 0 Å². The van der Waals surface area contributed by atoms with E-state index in [0.717, 1.165) is 40.8 Å². The Bertz CT molecular complexity index is 1220. The Morgan fingerprint density at radius 3 is 2.58 bits per heavy atom. The predicted octanol–water partition coefficient (Wildman–Crippen LogP) is 6.15. The summed E-state index contributed by atoms with van der Waals surface area (Å²) in [6, 6.07) is 18.2. The van der Waals surface area contributed by atoms with Crippen molar-refractivity contribution < 1.29 is 23.8 Å². The number of hydrogen-bond acceptors (Lipinski definition) is 3. The van der Waals surface area contributed by atoms with E-state index in [1.165, 1.54) is 6.07 Å². The number of ether oxygens (including phenoxy) is 2. The average Bonchev–Trinajstić information content (AvgIpc) is 3.21. The van der Waals surface area contributed by atoms with Crippen molar-refractivity contribution in [2.24, 2.45) is 0 Å². The summed E-state index contributed by atoms with van der Waals surface area (Å²) >= 11 is 0. The Morgan fingerprint density at radius 1 is 1.12 bits per heavy atom. The Kier molecular flexibility index (Phi) is 6.65. The molecule has 4 nitrogen and oxygen atoms in total. The molecule has 4 rings (SSSR count). The number of aryl methyl sites for hydroxylation is 1. The van der Waals surface area contributed by atoms with E-state index >= 15 is 0 Å². The van der Waals surface area contributed by atoms with Gasteiger partial charge in [-0.1, -0.05) is 36.3 Å². The van der Waals surface area contributed by atoms with Crippen molar-refractivity contribution in [2.75, 3.05) is 7.11 Å². The lowest BCUT2D eigenvalue weighted by atomic mass is 9.96. The van der Waals surface area contributed by atoms with Gasteiger partial charge >= 0.3 is 5.97 Å². The number of aliphatic carboxylic acids is 1. The number of carboxylic acid groups (broad SMARTS) is 1. The molecule has 0 bridgehead atoms. The molecule has 0 saturated carbocycles. The summed E-state index contributed by atoms with van der Waals surface area (Å²) in [6.45, 7) is 1.71. The number of carbonyl (C=O) groups is 1. The lowest BCUT2D eigenvalue weighted by Gasteiger charge is -2.16. The van der Waals surface area contributed by atoms with Gasteiger partial charge in [-0.25, -0.2) is 4.39 Å². The van der Waals surface area contributed by atoms with Crippen LogP contribution in [-0.4, -0.2) is 18.2 Å². The fourth-order valence-electron chi connectivity index (χ4n) is 4.27. The van der Waals surface area contributed by atoms with Crippen molar-refractivity contribution in [3.63, 3.8) is 0 Å². The molecule has 168 valence electrons. The van der Waals surface area contributed by atoms with Gasteiger partial charge < -0.3 is 14.6 Å². The van der Waals surface area contributed by atoms with Gasteiger partial charge in [-0.2, -0.15) is 0 Å². The average molecular weight is 445 g/mol. The second-order valence-corrected chi connectivity index (χ2v) is 8.02. The van der Waals surface area contributed by atoms with Crippen molar-refractivity contribution in [2.45, 2.75) is 38.2 Å². The maximum absolute atomic E-state index is 14.4. The highest BCUT2D eigenvalue weighted by atomic mass is 19.1. The third-order valence-electron chi connectivity index (χ3n) is 5.91. The van der Waals surface area contributed by atoms with Gasteiger partial charge in [0.2, 0.25) is 0 Å². The molecule has 33 heavy (non-hydrogen) atoms. The Labute approximate surface area is 193 Å². The molecule has 0 fully saturated rings. The number of carboxylic acids is 1. The fraction of sp³-hybridized carbons (Fsp3) is 0.250. The molecule has 1 aliphatic rings. The normalized spacial score (nSPS) is 15.2. The summed E-state index contributed by atoms with van der Waals surface area (Å²) < 4.78 is 25.9. The molecular weight excluding hydrogens is 419 g/mol. The first-order valence-corrected chi connectivity index (χ1v) is 10.9. The summed E-state index contributed by atoms with van der Waals surface area (Å²) in [6.07, 6.45) is 1.57. The number of benzene rings is 3. The molecule has 0 saturated heterocycles. The molecular formula is C28H25FO4. The summed E-state index contributed by atoms with van der Waals surface area (Å²) in [7, 11) is 1.57. The fourth-order valence-corrected chi connectivity index (χ4v) is 4.27. The van der Waals surface area contributed by atoms with E-state index in [1.54, 1.807) is 26.2 Å². The molecule has 2 unspecified atom stereocenters. The van der Waals surface area contributed by atoms with E-state index < -0.39 is 5.97 Å². The van der Waals surface area contributed by atoms with Crippen molar-refractivity contribution in [1.82, 2.24) is 0 Å². The monoisotopic (exact) mass is 444 g/mol. The van der Waals surface area contributed by atoms with E-state index in [0.29, 0.717) is 11.3 Å². The first-order chi connectivity index (χ1) is 16.0. The lowest BCUT2D eigenvalue weighted by molar-refractivity contribution is -0.137. The maximum atomic E-state index is 14.4. The quantitative estimate of drug-likeness (QED) is 0.444. The van der Waals surface area contributed by atoms with E-state index in [9.17, 15) is 9.18 Å². The maximum Gasteiger partial charge on any atom is 0.304 e. The van der Waals surface area contributed by atoms with Gasteiger partial charge in [0, 0.05) is 5.56 Å². The van der Waals surface area contributed by atoms with Gasteiger partial charge in [-0.15, -0.1) is 5.92 Å². The molecule has 3 aromatic rings. The van der Waals surface area contributed by atoms with Crippen molar-refractivity contribution in [1.29, 1.82) is 0 Å². The topological polar surface area (TPSA) is 55.8 Å². The van der Waals surface area contributed by atoms with E-state index in [1.807, 2.05) is 42.5 Å². The summed E-state index contributed by atoms with van der Waals surface area (Å²) in [5.41, 5.74) is 4.44. The second kappa shape index (κ2) is 9.79. The molecule has 3 aromatic carbocycles. The molecule has 1 N–H and O–H groups in total. The smallest absolute Gasteiger partial charge is 0.304 e. The van der Waals surface area contributed by atoms with Gasteiger partial charge in [0.15, 0.2) is 0 Å². The first kappa shape index (κ1) is 22.4. The molecule has 0 aromatic heterocycles. The number of rotatable bonds is 7. The van der Waals surface area contributed by atoms with E-state index in [4.69, 9.17) is 14.6 Å². The molecule has 0 aliphatic heterocycles. The summed E-state index contributed by atoms with van der Waals surface area (Å²) in [5, 5.41) is 9.12. The zero-order valence-corrected chi connectivity index (χ0v) is 18.6. The van der Waals surface area contributed by atoms with Crippen LogP contribution < -0.4 is 9.47 Å². The van der Waals surface area contributed by atoms with Crippen LogP contribution in [0.1, 0.15) is 48.5 Å². The van der Waals surface area contributed by atoms with Crippen LogP contribution in [0.3, 0.4) is 0 Å². The second-order valence-electron chi connectivity index (χ2n) is 8.02. The minimum Gasteiger partial charge on any atom is -0.497 e. The van der Waals surface area contributed by atoms with Crippen LogP contribution in [0.15, 0.2) is 60.7 Å². The van der Waals surface area contributed by atoms with Crippen LogP contribution in [0.5, 0.6) is 11.5 Å². The van der Waals surface area contributed by atoms with Crippen molar-refractivity contribution in [3.8, 4) is 34.5 Å². The van der Waals surface area contributed by atoms with Crippen LogP contribution in [0, 0.1) is 17.7 Å². The largest absolute Gasteiger partial charge is 0.497 e. The third-order valence-corrected chi connectivity index (χ3v) is 5.91. The van der Waals surface area contributed by atoms with Crippen LogP contribution in [0.25, 0.3) is 11.1 Å². The van der Waals surface area contributed by atoms with E-state index in [-0.39, 0.29) is 24.3 Å². The zero-order valence-electron chi connectivity index (χ0n) is 18.6. The number of hydrogen-bond donors (Lipinski definition) is 1. The first-order valence-electron chi connectivity index (χ1n) is 10.9. The van der Waals surface area contributed by atoms with Gasteiger partial charge in [0.05, 0.1) is 19.4 Å². The number of halogens is 1. The minimum absolute atomic E-state index is 0.0345. The van der Waals surface area contributed by atoms with Crippen molar-refractivity contribution >= 4 is 5.97 Å². The highest BCUT2D eigenvalue weighted by molar-refractivity contribution is 5.69. The molecule has 0 heterocycles. The molecule has 0 amide bonds. The van der Waals surface area contributed by atoms with Crippen LogP contribution in [0.4, 0.5) is 4.39 Å². The molecule has 0 radical (unpaired) electrons. The predicted molar refractivity (Wildman–Crippen MR) is 125 cm³/mol. The van der Waals surface area contributed by atoms with Gasteiger partial charge in [-0.05, 0) is 72.4 Å². The van der Waals surface area contributed by atoms with Gasteiger partial charge in [-0.3, -0.25) is 4.79 Å². The molecule has 5 heteroatoms. The van der Waals surface area contributed by atoms with Crippen LogP contribution in [-0.2, 0) is 11.2 Å². The Morgan fingerprint density at radius 2 is 1.88 bits per heavy atom. The van der Waals surface area contributed by atoms with Gasteiger partial charge in [0.1, 0.15) is 23.4 Å². The highest BCUT2D eigenvalue weighted by Gasteiger charge is 2.25. The molecule has 2 atom stereocenters. The Hall–Kier alpha value is -3.78. The number of fused-ring (bicyclic) bond motifs is 1. The van der Waals surface area contributed by atoms with Crippen LogP contribution >= 0.6 is 0 Å². The SMILES string of the molecule is CC#CC(CC(=O)O)c1ccc(OC2CCc3cc(-c4cc(OC)ccc4F)ccc32)cc1. The number of methoxy groups -OCH3 is 1. The minimum atomic E-state index is -0.876. The summed E-state index contributed by atoms with van der Waals surface area (Å²) in [5.74, 6) is 5.60. The third kappa shape index (κ3) is 5.01. The molecule has 1 aliphatic carbocycles.